The number of hydrogen-bond acceptors (Lipinski definition) is 2. The largest absolute Gasteiger partial charge is 0.358 e. The van der Waals surface area contributed by atoms with Crippen molar-refractivity contribution in [3.8, 4) is 0 Å². The molecule has 0 bridgehead atoms. The van der Waals surface area contributed by atoms with Crippen molar-refractivity contribution in [1.29, 1.82) is 0 Å². The molecule has 134 valence electrons. The van der Waals surface area contributed by atoms with Gasteiger partial charge < -0.3 is 15.2 Å². The number of carbonyl (C=O) groups is 1. The molecule has 1 aliphatic rings. The molecular formula is C21H24N4O. The number of H-pyrrole nitrogens is 1. The number of nitrogens with one attached hydrogen (secondary N) is 2. The molecular weight excluding hydrogens is 324 g/mol. The first kappa shape index (κ1) is 16.6. The maximum Gasteiger partial charge on any atom is 0.317 e. The van der Waals surface area contributed by atoms with E-state index in [1.54, 1.807) is 12.4 Å². The lowest BCUT2D eigenvalue weighted by atomic mass is 10.1. The molecule has 0 aliphatic carbocycles. The van der Waals surface area contributed by atoms with Crippen LogP contribution in [0.2, 0.25) is 0 Å². The number of fused-ring (bicyclic) bond motifs is 1. The number of aromatic amines is 1. The van der Waals surface area contributed by atoms with Crippen LogP contribution < -0.4 is 5.32 Å². The van der Waals surface area contributed by atoms with Gasteiger partial charge in [-0.05, 0) is 55.5 Å². The van der Waals surface area contributed by atoms with Crippen LogP contribution in [-0.2, 0) is 6.42 Å². The molecule has 1 saturated heterocycles. The Morgan fingerprint density at radius 3 is 2.92 bits per heavy atom. The van der Waals surface area contributed by atoms with Crippen LogP contribution in [0, 0.1) is 6.92 Å². The van der Waals surface area contributed by atoms with Crippen LogP contribution in [0.3, 0.4) is 0 Å². The van der Waals surface area contributed by atoms with Crippen molar-refractivity contribution >= 4 is 16.9 Å². The fourth-order valence-electron chi connectivity index (χ4n) is 3.99. The van der Waals surface area contributed by atoms with Crippen molar-refractivity contribution in [1.82, 2.24) is 20.2 Å². The Kier molecular flexibility index (Phi) is 4.61. The van der Waals surface area contributed by atoms with Gasteiger partial charge in [0.25, 0.3) is 0 Å². The van der Waals surface area contributed by atoms with E-state index in [-0.39, 0.29) is 12.1 Å². The van der Waals surface area contributed by atoms with E-state index in [1.807, 2.05) is 23.1 Å². The Morgan fingerprint density at radius 2 is 2.08 bits per heavy atom. The van der Waals surface area contributed by atoms with Gasteiger partial charge >= 0.3 is 6.03 Å². The van der Waals surface area contributed by atoms with Crippen LogP contribution in [0.25, 0.3) is 10.9 Å². The summed E-state index contributed by atoms with van der Waals surface area (Å²) in [5.41, 5.74) is 4.79. The van der Waals surface area contributed by atoms with Gasteiger partial charge in [0.05, 0.1) is 6.04 Å². The minimum atomic E-state index is 0.0295. The number of rotatable bonds is 4. The number of carbonyl (C=O) groups excluding carboxylic acids is 1. The van der Waals surface area contributed by atoms with E-state index in [1.165, 1.54) is 22.2 Å². The summed E-state index contributed by atoms with van der Waals surface area (Å²) in [5, 5.41) is 4.36. The van der Waals surface area contributed by atoms with Crippen molar-refractivity contribution in [2.75, 3.05) is 13.1 Å². The molecule has 3 heterocycles. The molecule has 0 unspecified atom stereocenters. The van der Waals surface area contributed by atoms with E-state index in [0.29, 0.717) is 6.54 Å². The van der Waals surface area contributed by atoms with Crippen LogP contribution in [-0.4, -0.2) is 34.0 Å². The van der Waals surface area contributed by atoms with Crippen molar-refractivity contribution in [2.45, 2.75) is 32.2 Å². The first-order valence-corrected chi connectivity index (χ1v) is 9.24. The Morgan fingerprint density at radius 1 is 1.27 bits per heavy atom. The number of likely N-dealkylation sites (tertiary alicyclic amines) is 1. The summed E-state index contributed by atoms with van der Waals surface area (Å²) in [6.45, 7) is 3.54. The highest BCUT2D eigenvalue weighted by Gasteiger charge is 2.29. The molecule has 2 N–H and O–H groups in total. The average Bonchev–Trinajstić information content (AvgIpc) is 3.27. The molecule has 0 radical (unpaired) electrons. The SMILES string of the molecule is Cc1[nH]c2ccccc2c1CCNC(=O)N1CCC[C@@H]1c1ccncc1. The zero-order valence-electron chi connectivity index (χ0n) is 15.0. The van der Waals surface area contributed by atoms with Crippen molar-refractivity contribution in [3.05, 3.63) is 65.6 Å². The van der Waals surface area contributed by atoms with E-state index in [2.05, 4.69) is 40.4 Å². The van der Waals surface area contributed by atoms with E-state index < -0.39 is 0 Å². The Balaban J connectivity index is 1.40. The standard InChI is InChI=1S/C21H24N4O/c1-15-17(18-5-2-3-6-19(18)24-15)10-13-23-21(26)25-14-4-7-20(25)16-8-11-22-12-9-16/h2-3,5-6,8-9,11-12,20,24H,4,7,10,13-14H2,1H3,(H,23,26)/t20-/m1/s1. The van der Waals surface area contributed by atoms with Gasteiger partial charge in [-0.1, -0.05) is 18.2 Å². The van der Waals surface area contributed by atoms with Gasteiger partial charge in [0.15, 0.2) is 0 Å². The fraction of sp³-hybridized carbons (Fsp3) is 0.333. The maximum absolute atomic E-state index is 12.7. The highest BCUT2D eigenvalue weighted by molar-refractivity contribution is 5.84. The van der Waals surface area contributed by atoms with Crippen molar-refractivity contribution in [2.24, 2.45) is 0 Å². The maximum atomic E-state index is 12.7. The number of hydrogen-bond donors (Lipinski definition) is 2. The Labute approximate surface area is 153 Å². The van der Waals surface area contributed by atoms with E-state index in [4.69, 9.17) is 0 Å². The van der Waals surface area contributed by atoms with E-state index in [0.717, 1.165) is 31.3 Å². The third kappa shape index (κ3) is 3.17. The number of benzene rings is 1. The molecule has 5 heteroatoms. The van der Waals surface area contributed by atoms with Crippen molar-refractivity contribution in [3.63, 3.8) is 0 Å². The quantitative estimate of drug-likeness (QED) is 0.750. The third-order valence-corrected chi connectivity index (χ3v) is 5.28. The summed E-state index contributed by atoms with van der Waals surface area (Å²) in [5.74, 6) is 0. The van der Waals surface area contributed by atoms with Crippen LogP contribution in [0.4, 0.5) is 4.79 Å². The molecule has 0 spiro atoms. The minimum absolute atomic E-state index is 0.0295. The zero-order valence-corrected chi connectivity index (χ0v) is 15.0. The predicted molar refractivity (Wildman–Crippen MR) is 103 cm³/mol. The third-order valence-electron chi connectivity index (χ3n) is 5.28. The summed E-state index contributed by atoms with van der Waals surface area (Å²) < 4.78 is 0. The number of para-hydroxylation sites is 1. The summed E-state index contributed by atoms with van der Waals surface area (Å²) in [6, 6.07) is 12.5. The second-order valence-corrected chi connectivity index (χ2v) is 6.89. The number of pyridine rings is 1. The lowest BCUT2D eigenvalue weighted by Gasteiger charge is -2.25. The molecule has 2 amide bonds. The molecule has 3 aromatic rings. The first-order chi connectivity index (χ1) is 12.7. The number of aromatic nitrogens is 2. The number of aryl methyl sites for hydroxylation is 1. The van der Waals surface area contributed by atoms with Gasteiger partial charge in [0.1, 0.15) is 0 Å². The van der Waals surface area contributed by atoms with Gasteiger partial charge in [-0.2, -0.15) is 0 Å². The Hall–Kier alpha value is -2.82. The molecule has 26 heavy (non-hydrogen) atoms. The number of nitrogens with zero attached hydrogens (tertiary/aromatic N) is 2. The first-order valence-electron chi connectivity index (χ1n) is 9.24. The normalized spacial score (nSPS) is 17.0. The molecule has 4 rings (SSSR count). The van der Waals surface area contributed by atoms with Gasteiger partial charge in [0, 0.05) is 42.1 Å². The predicted octanol–water partition coefficient (Wildman–Crippen LogP) is 3.96. The highest BCUT2D eigenvalue weighted by Crippen LogP contribution is 2.31. The number of urea groups is 1. The second-order valence-electron chi connectivity index (χ2n) is 6.89. The van der Waals surface area contributed by atoms with Crippen LogP contribution in [0.5, 0.6) is 0 Å². The molecule has 1 aromatic carbocycles. The lowest BCUT2D eigenvalue weighted by molar-refractivity contribution is 0.193. The second kappa shape index (κ2) is 7.20. The summed E-state index contributed by atoms with van der Waals surface area (Å²) in [6.07, 6.45) is 6.48. The molecule has 5 nitrogen and oxygen atoms in total. The number of amides is 2. The van der Waals surface area contributed by atoms with Gasteiger partial charge in [-0.3, -0.25) is 4.98 Å². The minimum Gasteiger partial charge on any atom is -0.358 e. The van der Waals surface area contributed by atoms with Gasteiger partial charge in [-0.15, -0.1) is 0 Å². The van der Waals surface area contributed by atoms with Crippen LogP contribution in [0.15, 0.2) is 48.8 Å². The molecule has 2 aromatic heterocycles. The molecule has 1 atom stereocenters. The monoisotopic (exact) mass is 348 g/mol. The molecule has 1 fully saturated rings. The van der Waals surface area contributed by atoms with Crippen LogP contribution in [0.1, 0.15) is 35.7 Å². The zero-order chi connectivity index (χ0) is 17.9. The molecule has 0 saturated carbocycles. The van der Waals surface area contributed by atoms with Gasteiger partial charge in [0.2, 0.25) is 0 Å². The van der Waals surface area contributed by atoms with E-state index >= 15 is 0 Å². The summed E-state index contributed by atoms with van der Waals surface area (Å²) in [7, 11) is 0. The molecule has 1 aliphatic heterocycles. The summed E-state index contributed by atoms with van der Waals surface area (Å²) in [4.78, 5) is 22.1. The summed E-state index contributed by atoms with van der Waals surface area (Å²) >= 11 is 0. The lowest BCUT2D eigenvalue weighted by Crippen LogP contribution is -2.40. The highest BCUT2D eigenvalue weighted by atomic mass is 16.2. The van der Waals surface area contributed by atoms with Crippen LogP contribution >= 0.6 is 0 Å². The topological polar surface area (TPSA) is 61.0 Å². The van der Waals surface area contributed by atoms with E-state index in [9.17, 15) is 4.79 Å². The van der Waals surface area contributed by atoms with Crippen molar-refractivity contribution < 1.29 is 4.79 Å². The average molecular weight is 348 g/mol. The Bertz CT molecular complexity index is 903. The van der Waals surface area contributed by atoms with Gasteiger partial charge in [-0.25, -0.2) is 4.79 Å². The fourth-order valence-corrected chi connectivity index (χ4v) is 3.99. The smallest absolute Gasteiger partial charge is 0.317 e.